The highest BCUT2D eigenvalue weighted by molar-refractivity contribution is 5.50. The second kappa shape index (κ2) is 8.07. The van der Waals surface area contributed by atoms with Crippen LogP contribution < -0.4 is 0 Å². The largest absolute Gasteiger partial charge is 0.376 e. The first-order valence-electron chi connectivity index (χ1n) is 8.20. The van der Waals surface area contributed by atoms with Crippen LogP contribution in [0.2, 0.25) is 0 Å². The van der Waals surface area contributed by atoms with Gasteiger partial charge in [-0.2, -0.15) is 0 Å². The Morgan fingerprint density at radius 2 is 1.83 bits per heavy atom. The monoisotopic (exact) mass is 309 g/mol. The van der Waals surface area contributed by atoms with Crippen LogP contribution in [-0.2, 0) is 11.3 Å². The third-order valence-corrected chi connectivity index (χ3v) is 3.49. The van der Waals surface area contributed by atoms with Crippen LogP contribution in [0.5, 0.6) is 0 Å². The number of allylic oxidation sites excluding steroid dienone is 1. The van der Waals surface area contributed by atoms with E-state index in [1.807, 2.05) is 12.3 Å². The fraction of sp³-hybridized carbons (Fsp3) is 0.381. The molecule has 2 aromatic rings. The average Bonchev–Trinajstić information content (AvgIpc) is 2.53. The summed E-state index contributed by atoms with van der Waals surface area (Å²) in [5.74, 6) is 0.291. The van der Waals surface area contributed by atoms with Crippen molar-refractivity contribution in [3.63, 3.8) is 0 Å². The van der Waals surface area contributed by atoms with Crippen LogP contribution in [0.1, 0.15) is 50.4 Å². The first-order valence-corrected chi connectivity index (χ1v) is 8.20. The van der Waals surface area contributed by atoms with Gasteiger partial charge in [0, 0.05) is 17.8 Å². The summed E-state index contributed by atoms with van der Waals surface area (Å²) >= 11 is 0. The van der Waals surface area contributed by atoms with Crippen LogP contribution in [0.4, 0.5) is 0 Å². The summed E-state index contributed by atoms with van der Waals surface area (Å²) in [6, 6.07) is 14.5. The minimum atomic E-state index is 0.199. The first-order chi connectivity index (χ1) is 10.9. The minimum absolute atomic E-state index is 0.199. The Morgan fingerprint density at radius 1 is 1.09 bits per heavy atom. The molecule has 1 aromatic heterocycles. The van der Waals surface area contributed by atoms with Crippen LogP contribution in [0.15, 0.2) is 54.7 Å². The van der Waals surface area contributed by atoms with Gasteiger partial charge in [-0.3, -0.25) is 4.98 Å². The third kappa shape index (κ3) is 6.37. The van der Waals surface area contributed by atoms with Gasteiger partial charge >= 0.3 is 0 Å². The minimum Gasteiger partial charge on any atom is -0.376 e. The van der Waals surface area contributed by atoms with Gasteiger partial charge in [0.1, 0.15) is 0 Å². The summed E-state index contributed by atoms with van der Waals surface area (Å²) < 4.78 is 5.74. The summed E-state index contributed by atoms with van der Waals surface area (Å²) in [4.78, 5) is 4.57. The molecule has 23 heavy (non-hydrogen) atoms. The molecule has 2 heteroatoms. The number of benzene rings is 1. The van der Waals surface area contributed by atoms with Crippen LogP contribution in [-0.4, -0.2) is 11.6 Å². The maximum absolute atomic E-state index is 5.74. The second-order valence-electron chi connectivity index (χ2n) is 7.20. The first kappa shape index (κ1) is 17.4. The number of nitrogens with zero attached hydrogens (tertiary/aromatic N) is 1. The summed E-state index contributed by atoms with van der Waals surface area (Å²) in [7, 11) is 0. The molecule has 0 saturated heterocycles. The molecule has 1 atom stereocenters. The Balaban J connectivity index is 1.90. The molecule has 0 bridgehead atoms. The van der Waals surface area contributed by atoms with Crippen molar-refractivity contribution < 1.29 is 4.74 Å². The molecule has 2 nitrogen and oxygen atoms in total. The van der Waals surface area contributed by atoms with Gasteiger partial charge in [0.25, 0.3) is 0 Å². The third-order valence-electron chi connectivity index (χ3n) is 3.49. The van der Waals surface area contributed by atoms with Gasteiger partial charge in [-0.05, 0) is 22.6 Å². The average molecular weight is 309 g/mol. The lowest BCUT2D eigenvalue weighted by Crippen LogP contribution is -2.14. The van der Waals surface area contributed by atoms with Crippen molar-refractivity contribution in [1.82, 2.24) is 4.98 Å². The zero-order valence-corrected chi connectivity index (χ0v) is 14.6. The van der Waals surface area contributed by atoms with Crippen molar-refractivity contribution in [1.29, 1.82) is 0 Å². The Kier molecular flexibility index (Phi) is 6.12. The topological polar surface area (TPSA) is 22.1 Å². The molecule has 1 aromatic carbocycles. The number of rotatable bonds is 6. The van der Waals surface area contributed by atoms with E-state index >= 15 is 0 Å². The Morgan fingerprint density at radius 3 is 2.43 bits per heavy atom. The predicted molar refractivity (Wildman–Crippen MR) is 97.2 cm³/mol. The van der Waals surface area contributed by atoms with E-state index in [1.165, 1.54) is 5.56 Å². The fourth-order valence-electron chi connectivity index (χ4n) is 2.18. The van der Waals surface area contributed by atoms with E-state index in [-0.39, 0.29) is 5.41 Å². The van der Waals surface area contributed by atoms with Crippen LogP contribution in [0.25, 0.3) is 6.08 Å². The number of hydrogen-bond acceptors (Lipinski definition) is 2. The molecule has 1 heterocycles. The van der Waals surface area contributed by atoms with Crippen molar-refractivity contribution >= 4 is 6.08 Å². The maximum atomic E-state index is 5.74. The summed E-state index contributed by atoms with van der Waals surface area (Å²) in [6.45, 7) is 10.1. The molecule has 0 radical (unpaired) electrons. The molecule has 0 fully saturated rings. The second-order valence-corrected chi connectivity index (χ2v) is 7.20. The fourth-order valence-corrected chi connectivity index (χ4v) is 2.18. The van der Waals surface area contributed by atoms with E-state index < -0.39 is 0 Å². The van der Waals surface area contributed by atoms with E-state index in [0.29, 0.717) is 12.5 Å². The van der Waals surface area contributed by atoms with Crippen LogP contribution in [0, 0.1) is 5.41 Å². The summed E-state index contributed by atoms with van der Waals surface area (Å²) in [6.07, 6.45) is 6.25. The van der Waals surface area contributed by atoms with E-state index in [4.69, 9.17) is 4.74 Å². The Hall–Kier alpha value is -1.93. The van der Waals surface area contributed by atoms with Crippen LogP contribution in [0.3, 0.4) is 0 Å². The molecule has 0 saturated carbocycles. The molecular weight excluding hydrogens is 282 g/mol. The number of ether oxygens (including phenoxy) is 1. The van der Waals surface area contributed by atoms with Crippen molar-refractivity contribution in [2.24, 2.45) is 5.41 Å². The quantitative estimate of drug-likeness (QED) is 0.706. The Labute approximate surface area is 140 Å². The van der Waals surface area contributed by atoms with Gasteiger partial charge in [-0.25, -0.2) is 0 Å². The van der Waals surface area contributed by atoms with E-state index in [2.05, 4.69) is 81.2 Å². The standard InChI is InChI=1S/C21H27NO/c1-17(10-11-18-8-6-5-7-9-18)20-13-12-19(14-22-20)15-23-16-21(2,3)4/h5-14,17H,15-16H2,1-4H3/b11-10+. The van der Waals surface area contributed by atoms with Gasteiger partial charge in [0.05, 0.1) is 13.2 Å². The SMILES string of the molecule is CC(/C=C/c1ccccc1)c1ccc(COCC(C)(C)C)cn1. The zero-order chi connectivity index (χ0) is 16.7. The lowest BCUT2D eigenvalue weighted by Gasteiger charge is -2.18. The maximum Gasteiger partial charge on any atom is 0.0732 e. The lowest BCUT2D eigenvalue weighted by molar-refractivity contribution is 0.0597. The van der Waals surface area contributed by atoms with Gasteiger partial charge in [-0.1, -0.05) is 76.2 Å². The lowest BCUT2D eigenvalue weighted by atomic mass is 9.99. The number of pyridine rings is 1. The van der Waals surface area contributed by atoms with Gasteiger partial charge in [0.2, 0.25) is 0 Å². The number of hydrogen-bond donors (Lipinski definition) is 0. The van der Waals surface area contributed by atoms with Gasteiger partial charge in [-0.15, -0.1) is 0 Å². The predicted octanol–water partition coefficient (Wildman–Crippen LogP) is 5.46. The van der Waals surface area contributed by atoms with Crippen molar-refractivity contribution in [3.8, 4) is 0 Å². The molecule has 0 amide bonds. The molecule has 2 rings (SSSR count). The highest BCUT2D eigenvalue weighted by atomic mass is 16.5. The summed E-state index contributed by atoms with van der Waals surface area (Å²) in [5, 5.41) is 0. The van der Waals surface area contributed by atoms with Crippen molar-refractivity contribution in [2.75, 3.05) is 6.61 Å². The van der Waals surface area contributed by atoms with E-state index in [0.717, 1.165) is 17.9 Å². The van der Waals surface area contributed by atoms with E-state index in [9.17, 15) is 0 Å². The van der Waals surface area contributed by atoms with Crippen LogP contribution >= 0.6 is 0 Å². The molecule has 122 valence electrons. The molecular formula is C21H27NO. The van der Waals surface area contributed by atoms with Crippen molar-refractivity contribution in [3.05, 3.63) is 71.6 Å². The van der Waals surface area contributed by atoms with Crippen molar-refractivity contribution in [2.45, 2.75) is 40.2 Å². The van der Waals surface area contributed by atoms with Gasteiger partial charge in [0.15, 0.2) is 0 Å². The Bertz CT molecular complexity index is 609. The van der Waals surface area contributed by atoms with E-state index in [1.54, 1.807) is 0 Å². The zero-order valence-electron chi connectivity index (χ0n) is 14.6. The molecule has 0 aliphatic heterocycles. The summed E-state index contributed by atoms with van der Waals surface area (Å²) in [5.41, 5.74) is 3.62. The normalized spacial score (nSPS) is 13.4. The smallest absolute Gasteiger partial charge is 0.0732 e. The highest BCUT2D eigenvalue weighted by Crippen LogP contribution is 2.18. The molecule has 0 spiro atoms. The van der Waals surface area contributed by atoms with Gasteiger partial charge < -0.3 is 4.74 Å². The molecule has 0 aliphatic carbocycles. The number of aromatic nitrogens is 1. The highest BCUT2D eigenvalue weighted by Gasteiger charge is 2.10. The molecule has 0 N–H and O–H groups in total. The molecule has 0 aliphatic rings. The molecule has 1 unspecified atom stereocenters.